The minimum Gasteiger partial charge on any atom is -0.361 e. The second kappa shape index (κ2) is 11.5. The van der Waals surface area contributed by atoms with E-state index in [1.165, 1.54) is 0 Å². The molecule has 1 amide bonds. The molecule has 8 heteroatoms. The van der Waals surface area contributed by atoms with Crippen molar-refractivity contribution in [2.75, 3.05) is 18.4 Å². The minimum atomic E-state index is -0.111. The number of carbonyl (C=O) groups excluding carboxylic acids is 1. The molecule has 0 saturated heterocycles. The van der Waals surface area contributed by atoms with Gasteiger partial charge in [0.25, 0.3) is 0 Å². The smallest absolute Gasteiger partial charge is 0.226 e. The van der Waals surface area contributed by atoms with Crippen molar-refractivity contribution in [3.63, 3.8) is 0 Å². The molecule has 2 aromatic rings. The largest absolute Gasteiger partial charge is 0.361 e. The molecule has 2 rings (SSSR count). The van der Waals surface area contributed by atoms with Crippen molar-refractivity contribution in [3.8, 4) is 0 Å². The summed E-state index contributed by atoms with van der Waals surface area (Å²) >= 11 is 6.17. The highest BCUT2D eigenvalue weighted by atomic mass is 35.5. The van der Waals surface area contributed by atoms with Gasteiger partial charge in [0.1, 0.15) is 5.76 Å². The molecular weight excluding hydrogens is 390 g/mol. The average Bonchev–Trinajstić information content (AvgIpc) is 3.10. The van der Waals surface area contributed by atoms with Gasteiger partial charge in [0.05, 0.1) is 22.9 Å². The van der Waals surface area contributed by atoms with Crippen LogP contribution in [0.4, 0.5) is 5.69 Å². The number of nitrogens with zero attached hydrogens (tertiary/aromatic N) is 2. The van der Waals surface area contributed by atoms with Crippen molar-refractivity contribution in [2.24, 2.45) is 4.99 Å². The monoisotopic (exact) mass is 419 g/mol. The molecule has 1 aromatic heterocycles. The molecule has 0 aliphatic carbocycles. The first kappa shape index (κ1) is 22.7. The number of anilines is 1. The van der Waals surface area contributed by atoms with Gasteiger partial charge in [-0.2, -0.15) is 0 Å². The van der Waals surface area contributed by atoms with Crippen molar-refractivity contribution in [1.82, 2.24) is 15.8 Å². The van der Waals surface area contributed by atoms with E-state index in [4.69, 9.17) is 16.1 Å². The van der Waals surface area contributed by atoms with Gasteiger partial charge in [-0.05, 0) is 38.0 Å². The number of guanidine groups is 1. The number of hydrogen-bond acceptors (Lipinski definition) is 4. The van der Waals surface area contributed by atoms with Crippen LogP contribution < -0.4 is 16.0 Å². The highest BCUT2D eigenvalue weighted by Crippen LogP contribution is 2.22. The van der Waals surface area contributed by atoms with Gasteiger partial charge in [-0.25, -0.2) is 4.99 Å². The summed E-state index contributed by atoms with van der Waals surface area (Å²) < 4.78 is 5.39. The molecule has 0 aliphatic heterocycles. The van der Waals surface area contributed by atoms with Crippen LogP contribution in [-0.4, -0.2) is 30.1 Å². The average molecular weight is 420 g/mol. The zero-order valence-electron chi connectivity index (χ0n) is 17.6. The van der Waals surface area contributed by atoms with Crippen LogP contribution in [0.3, 0.4) is 0 Å². The van der Waals surface area contributed by atoms with E-state index in [1.54, 1.807) is 0 Å². The Bertz CT molecular complexity index is 826. The third-order valence-corrected chi connectivity index (χ3v) is 4.70. The van der Waals surface area contributed by atoms with E-state index >= 15 is 0 Å². The van der Waals surface area contributed by atoms with E-state index in [9.17, 15) is 4.79 Å². The summed E-state index contributed by atoms with van der Waals surface area (Å²) in [5.41, 5.74) is 3.65. The number of rotatable bonds is 9. The maximum absolute atomic E-state index is 12.2. The molecule has 0 unspecified atom stereocenters. The first-order valence-corrected chi connectivity index (χ1v) is 10.4. The molecule has 0 aliphatic rings. The summed E-state index contributed by atoms with van der Waals surface area (Å²) in [7, 11) is 0. The number of amides is 1. The molecule has 0 atom stereocenters. The fourth-order valence-electron chi connectivity index (χ4n) is 2.85. The Kier molecular flexibility index (Phi) is 8.99. The lowest BCUT2D eigenvalue weighted by atomic mass is 10.1. The van der Waals surface area contributed by atoms with E-state index in [-0.39, 0.29) is 5.91 Å². The van der Waals surface area contributed by atoms with Crippen molar-refractivity contribution >= 4 is 29.2 Å². The molecule has 0 bridgehead atoms. The van der Waals surface area contributed by atoms with Gasteiger partial charge in [0.15, 0.2) is 5.96 Å². The van der Waals surface area contributed by atoms with Crippen molar-refractivity contribution in [2.45, 2.75) is 53.5 Å². The molecule has 7 nitrogen and oxygen atoms in total. The summed E-state index contributed by atoms with van der Waals surface area (Å²) in [6.07, 6.45) is 1.88. The molecule has 1 aromatic carbocycles. The minimum absolute atomic E-state index is 0.111. The Hall–Kier alpha value is -2.54. The molecule has 0 fully saturated rings. The van der Waals surface area contributed by atoms with E-state index in [0.29, 0.717) is 36.2 Å². The third kappa shape index (κ3) is 6.78. The highest BCUT2D eigenvalue weighted by molar-refractivity contribution is 6.33. The normalized spacial score (nSPS) is 11.4. The third-order valence-electron chi connectivity index (χ3n) is 4.39. The fraction of sp³-hybridized carbons (Fsp3) is 0.476. The standard InChI is InChI=1S/C21H30ClN5O2/c1-5-17-15(19(6-2)29-27-17)13-25-21(23-7-3)24-11-10-20(28)26-18-9-8-14(4)12-16(18)22/h8-9,12H,5-7,10-11,13H2,1-4H3,(H,26,28)(H2,23,24,25). The summed E-state index contributed by atoms with van der Waals surface area (Å²) in [6, 6.07) is 5.55. The fourth-order valence-corrected chi connectivity index (χ4v) is 3.13. The predicted octanol–water partition coefficient (Wildman–Crippen LogP) is 3.85. The van der Waals surface area contributed by atoms with Crippen molar-refractivity contribution in [1.29, 1.82) is 0 Å². The lowest BCUT2D eigenvalue weighted by Crippen LogP contribution is -2.38. The zero-order chi connectivity index (χ0) is 21.2. The number of hydrogen-bond donors (Lipinski definition) is 3. The number of aliphatic imine (C=N–C) groups is 1. The Morgan fingerprint density at radius 3 is 2.66 bits per heavy atom. The van der Waals surface area contributed by atoms with E-state index < -0.39 is 0 Å². The topological polar surface area (TPSA) is 91.6 Å². The molecule has 0 saturated carbocycles. The van der Waals surface area contributed by atoms with E-state index in [2.05, 4.69) is 26.1 Å². The van der Waals surface area contributed by atoms with Crippen LogP contribution in [0.15, 0.2) is 27.7 Å². The van der Waals surface area contributed by atoms with Gasteiger partial charge < -0.3 is 20.5 Å². The molecule has 1 heterocycles. The van der Waals surface area contributed by atoms with Crippen molar-refractivity contribution < 1.29 is 9.32 Å². The molecule has 0 radical (unpaired) electrons. The maximum Gasteiger partial charge on any atom is 0.226 e. The van der Waals surface area contributed by atoms with E-state index in [1.807, 2.05) is 45.9 Å². The van der Waals surface area contributed by atoms with E-state index in [0.717, 1.165) is 42.0 Å². The first-order chi connectivity index (χ1) is 14.0. The van der Waals surface area contributed by atoms with Gasteiger partial charge in [-0.3, -0.25) is 4.79 Å². The second-order valence-electron chi connectivity index (χ2n) is 6.64. The second-order valence-corrected chi connectivity index (χ2v) is 7.05. The summed E-state index contributed by atoms with van der Waals surface area (Å²) in [5, 5.41) is 13.9. The number of halogens is 1. The van der Waals surface area contributed by atoms with Crippen LogP contribution in [0.5, 0.6) is 0 Å². The van der Waals surface area contributed by atoms with Gasteiger partial charge in [0.2, 0.25) is 5.91 Å². The van der Waals surface area contributed by atoms with Gasteiger partial charge >= 0.3 is 0 Å². The highest BCUT2D eigenvalue weighted by Gasteiger charge is 2.13. The number of carbonyl (C=O) groups is 1. The summed E-state index contributed by atoms with van der Waals surface area (Å²) in [6.45, 7) is 9.69. The Labute approximate surface area is 177 Å². The van der Waals surface area contributed by atoms with Crippen LogP contribution >= 0.6 is 11.6 Å². The molecule has 3 N–H and O–H groups in total. The van der Waals surface area contributed by atoms with Gasteiger partial charge in [-0.15, -0.1) is 0 Å². The quantitative estimate of drug-likeness (QED) is 0.424. The van der Waals surface area contributed by atoms with Crippen molar-refractivity contribution in [3.05, 3.63) is 45.8 Å². The maximum atomic E-state index is 12.2. The van der Waals surface area contributed by atoms with Crippen LogP contribution in [-0.2, 0) is 24.2 Å². The Morgan fingerprint density at radius 1 is 1.21 bits per heavy atom. The molecule has 29 heavy (non-hydrogen) atoms. The molecular formula is C21H30ClN5O2. The molecule has 0 spiro atoms. The molecule has 158 valence electrons. The lowest BCUT2D eigenvalue weighted by molar-refractivity contribution is -0.116. The zero-order valence-corrected chi connectivity index (χ0v) is 18.3. The SMILES string of the molecule is CCNC(=NCc1c(CC)noc1CC)NCCC(=O)Nc1ccc(C)cc1Cl. The van der Waals surface area contributed by atoms with Gasteiger partial charge in [-0.1, -0.05) is 36.7 Å². The van der Waals surface area contributed by atoms with Crippen LogP contribution in [0, 0.1) is 6.92 Å². The predicted molar refractivity (Wildman–Crippen MR) is 118 cm³/mol. The lowest BCUT2D eigenvalue weighted by Gasteiger charge is -2.12. The van der Waals surface area contributed by atoms with Crippen LogP contribution in [0.1, 0.15) is 49.8 Å². The van der Waals surface area contributed by atoms with Crippen LogP contribution in [0.25, 0.3) is 0 Å². The number of benzene rings is 1. The summed E-state index contributed by atoms with van der Waals surface area (Å²) in [4.78, 5) is 16.8. The Balaban J connectivity index is 1.91. The number of aryl methyl sites for hydroxylation is 3. The number of aromatic nitrogens is 1. The van der Waals surface area contributed by atoms with Crippen LogP contribution in [0.2, 0.25) is 5.02 Å². The first-order valence-electron chi connectivity index (χ1n) is 10.0. The number of nitrogens with one attached hydrogen (secondary N) is 3. The Morgan fingerprint density at radius 2 is 2.00 bits per heavy atom. The summed E-state index contributed by atoms with van der Waals surface area (Å²) in [5.74, 6) is 1.41. The van der Waals surface area contributed by atoms with Gasteiger partial charge in [0, 0.05) is 31.5 Å².